The Labute approximate surface area is 111 Å². The van der Waals surface area contributed by atoms with Crippen LogP contribution in [-0.2, 0) is 4.79 Å². The number of ketones is 2. The van der Waals surface area contributed by atoms with E-state index in [2.05, 4.69) is 6.92 Å². The highest BCUT2D eigenvalue weighted by atomic mass is 19.1. The van der Waals surface area contributed by atoms with Gasteiger partial charge in [0.1, 0.15) is 5.82 Å². The number of carbonyl (C=O) groups is 2. The van der Waals surface area contributed by atoms with Crippen LogP contribution < -0.4 is 0 Å². The van der Waals surface area contributed by atoms with E-state index in [4.69, 9.17) is 0 Å². The van der Waals surface area contributed by atoms with Crippen LogP contribution in [0.4, 0.5) is 4.39 Å². The molecule has 0 aromatic heterocycles. The first-order valence-corrected chi connectivity index (χ1v) is 6.26. The Morgan fingerprint density at radius 3 is 2.47 bits per heavy atom. The predicted molar refractivity (Wildman–Crippen MR) is 71.4 cm³/mol. The van der Waals surface area contributed by atoms with Crippen LogP contribution in [0.5, 0.6) is 0 Å². The van der Waals surface area contributed by atoms with Crippen molar-refractivity contribution in [1.82, 2.24) is 0 Å². The van der Waals surface area contributed by atoms with Crippen LogP contribution in [0.3, 0.4) is 0 Å². The summed E-state index contributed by atoms with van der Waals surface area (Å²) in [5.41, 5.74) is 0.956. The second kappa shape index (κ2) is 5.74. The normalized spacial score (nSPS) is 18.0. The van der Waals surface area contributed by atoms with E-state index in [0.29, 0.717) is 17.1 Å². The van der Waals surface area contributed by atoms with E-state index in [-0.39, 0.29) is 18.0 Å². The van der Waals surface area contributed by atoms with Gasteiger partial charge in [0.2, 0.25) is 0 Å². The van der Waals surface area contributed by atoms with Gasteiger partial charge in [0.15, 0.2) is 11.6 Å². The molecule has 1 atom stereocenters. The smallest absolute Gasteiger partial charge is 0.170 e. The second-order valence-corrected chi connectivity index (χ2v) is 4.76. The van der Waals surface area contributed by atoms with Gasteiger partial charge in [0.25, 0.3) is 0 Å². The van der Waals surface area contributed by atoms with Gasteiger partial charge in [-0.15, -0.1) is 0 Å². The lowest BCUT2D eigenvalue weighted by atomic mass is 9.94. The van der Waals surface area contributed by atoms with Gasteiger partial charge in [-0.2, -0.15) is 0 Å². The maximum Gasteiger partial charge on any atom is 0.170 e. The summed E-state index contributed by atoms with van der Waals surface area (Å²) in [5.74, 6) is -0.422. The third kappa shape index (κ3) is 3.47. The molecule has 0 N–H and O–H groups in total. The maximum absolute atomic E-state index is 12.7. The average Bonchev–Trinajstić information content (AvgIpc) is 2.40. The zero-order valence-corrected chi connectivity index (χ0v) is 10.7. The van der Waals surface area contributed by atoms with Crippen LogP contribution in [0.25, 0.3) is 0 Å². The fraction of sp³-hybridized carbons (Fsp3) is 0.250. The summed E-state index contributed by atoms with van der Waals surface area (Å²) in [7, 11) is 0. The van der Waals surface area contributed by atoms with Gasteiger partial charge in [-0.1, -0.05) is 25.2 Å². The Balaban J connectivity index is 2.01. The average molecular weight is 258 g/mol. The molecule has 1 aromatic carbocycles. The van der Waals surface area contributed by atoms with Crippen molar-refractivity contribution < 1.29 is 14.0 Å². The SMILES string of the molecule is CC1C=CC(C(=O)CC(=O)c2ccc(F)cc2)=CC1. The van der Waals surface area contributed by atoms with Crippen molar-refractivity contribution in [2.75, 3.05) is 0 Å². The Hall–Kier alpha value is -2.03. The third-order valence-electron chi connectivity index (χ3n) is 3.12. The van der Waals surface area contributed by atoms with E-state index in [1.54, 1.807) is 6.08 Å². The van der Waals surface area contributed by atoms with Crippen LogP contribution in [0.2, 0.25) is 0 Å². The summed E-state index contributed by atoms with van der Waals surface area (Å²) in [6.45, 7) is 2.07. The number of benzene rings is 1. The quantitative estimate of drug-likeness (QED) is 0.612. The Kier molecular flexibility index (Phi) is 4.05. The molecule has 0 radical (unpaired) electrons. The van der Waals surface area contributed by atoms with Gasteiger partial charge in [-0.3, -0.25) is 9.59 Å². The molecule has 98 valence electrons. The molecule has 1 aromatic rings. The zero-order valence-electron chi connectivity index (χ0n) is 10.7. The summed E-state index contributed by atoms with van der Waals surface area (Å²) in [4.78, 5) is 23.8. The zero-order chi connectivity index (χ0) is 13.8. The van der Waals surface area contributed by atoms with E-state index in [1.807, 2.05) is 12.2 Å². The molecule has 0 fully saturated rings. The first kappa shape index (κ1) is 13.4. The molecule has 1 aliphatic rings. The molecule has 3 heteroatoms. The van der Waals surface area contributed by atoms with Crippen molar-refractivity contribution in [3.05, 3.63) is 59.4 Å². The van der Waals surface area contributed by atoms with Crippen LogP contribution >= 0.6 is 0 Å². The largest absolute Gasteiger partial charge is 0.294 e. The van der Waals surface area contributed by atoms with Crippen LogP contribution in [-0.4, -0.2) is 11.6 Å². The van der Waals surface area contributed by atoms with Crippen LogP contribution in [0.1, 0.15) is 30.1 Å². The van der Waals surface area contributed by atoms with Gasteiger partial charge >= 0.3 is 0 Å². The summed E-state index contributed by atoms with van der Waals surface area (Å²) in [6, 6.07) is 5.24. The van der Waals surface area contributed by atoms with Crippen molar-refractivity contribution in [2.24, 2.45) is 5.92 Å². The van der Waals surface area contributed by atoms with E-state index >= 15 is 0 Å². The first-order chi connectivity index (χ1) is 9.06. The number of halogens is 1. The number of Topliss-reactive ketones (excluding diaryl/α,β-unsaturated/α-hetero) is 2. The number of hydrogen-bond donors (Lipinski definition) is 0. The molecule has 0 saturated heterocycles. The molecule has 19 heavy (non-hydrogen) atoms. The lowest BCUT2D eigenvalue weighted by molar-refractivity contribution is -0.114. The summed E-state index contributed by atoms with van der Waals surface area (Å²) in [5, 5.41) is 0. The molecule has 0 spiro atoms. The lowest BCUT2D eigenvalue weighted by Crippen LogP contribution is -2.11. The lowest BCUT2D eigenvalue weighted by Gasteiger charge is -2.10. The number of carbonyl (C=O) groups excluding carboxylic acids is 2. The minimum Gasteiger partial charge on any atom is -0.294 e. The third-order valence-corrected chi connectivity index (χ3v) is 3.12. The molecule has 1 unspecified atom stereocenters. The van der Waals surface area contributed by atoms with Gasteiger partial charge in [0.05, 0.1) is 6.42 Å². The highest BCUT2D eigenvalue weighted by molar-refractivity contribution is 6.14. The highest BCUT2D eigenvalue weighted by Crippen LogP contribution is 2.18. The summed E-state index contributed by atoms with van der Waals surface area (Å²) in [6.07, 6.45) is 6.26. The van der Waals surface area contributed by atoms with Crippen LogP contribution in [0.15, 0.2) is 48.1 Å². The van der Waals surface area contributed by atoms with E-state index in [0.717, 1.165) is 6.42 Å². The standard InChI is InChI=1S/C16H15FO2/c1-11-2-4-12(5-3-11)15(18)10-16(19)13-6-8-14(17)9-7-13/h2,4-9,11H,3,10H2,1H3. The van der Waals surface area contributed by atoms with Gasteiger partial charge < -0.3 is 0 Å². The minimum absolute atomic E-state index is 0.170. The van der Waals surface area contributed by atoms with E-state index in [9.17, 15) is 14.0 Å². The first-order valence-electron chi connectivity index (χ1n) is 6.26. The summed E-state index contributed by atoms with van der Waals surface area (Å²) >= 11 is 0. The molecular weight excluding hydrogens is 243 g/mol. The molecule has 0 aliphatic heterocycles. The van der Waals surface area contributed by atoms with Crippen molar-refractivity contribution in [3.63, 3.8) is 0 Å². The fourth-order valence-corrected chi connectivity index (χ4v) is 1.92. The van der Waals surface area contributed by atoms with Crippen molar-refractivity contribution in [1.29, 1.82) is 0 Å². The maximum atomic E-state index is 12.7. The molecule has 0 bridgehead atoms. The molecule has 0 heterocycles. The monoisotopic (exact) mass is 258 g/mol. The Morgan fingerprint density at radius 1 is 1.21 bits per heavy atom. The number of hydrogen-bond acceptors (Lipinski definition) is 2. The van der Waals surface area contributed by atoms with Crippen molar-refractivity contribution in [2.45, 2.75) is 19.8 Å². The van der Waals surface area contributed by atoms with Crippen molar-refractivity contribution >= 4 is 11.6 Å². The van der Waals surface area contributed by atoms with Gasteiger partial charge in [-0.25, -0.2) is 4.39 Å². The molecule has 2 rings (SSSR count). The number of allylic oxidation sites excluding steroid dienone is 4. The Bertz CT molecular complexity index is 553. The fourth-order valence-electron chi connectivity index (χ4n) is 1.92. The molecule has 1 aliphatic carbocycles. The van der Waals surface area contributed by atoms with Gasteiger partial charge in [-0.05, 0) is 36.6 Å². The molecule has 0 saturated carbocycles. The molecular formula is C16H15FO2. The molecule has 2 nitrogen and oxygen atoms in total. The van der Waals surface area contributed by atoms with E-state index in [1.165, 1.54) is 24.3 Å². The molecule has 0 amide bonds. The highest BCUT2D eigenvalue weighted by Gasteiger charge is 2.16. The topological polar surface area (TPSA) is 34.1 Å². The van der Waals surface area contributed by atoms with Gasteiger partial charge in [0, 0.05) is 11.1 Å². The predicted octanol–water partition coefficient (Wildman–Crippen LogP) is 3.49. The summed E-state index contributed by atoms with van der Waals surface area (Å²) < 4.78 is 12.7. The Morgan fingerprint density at radius 2 is 1.89 bits per heavy atom. The minimum atomic E-state index is -0.394. The number of rotatable bonds is 4. The van der Waals surface area contributed by atoms with Crippen molar-refractivity contribution in [3.8, 4) is 0 Å². The van der Waals surface area contributed by atoms with Crippen LogP contribution in [0, 0.1) is 11.7 Å². The van der Waals surface area contributed by atoms with E-state index < -0.39 is 5.82 Å². The second-order valence-electron chi connectivity index (χ2n) is 4.76.